The number of aryl methyl sites for hydroxylation is 1. The molecule has 0 atom stereocenters. The van der Waals surface area contributed by atoms with Gasteiger partial charge in [-0.05, 0) is 30.7 Å². The summed E-state index contributed by atoms with van der Waals surface area (Å²) in [5.74, 6) is -0.636. The van der Waals surface area contributed by atoms with Crippen LogP contribution in [0.25, 0.3) is 0 Å². The molecule has 0 unspecified atom stereocenters. The summed E-state index contributed by atoms with van der Waals surface area (Å²) in [6.45, 7) is 1.72. The van der Waals surface area contributed by atoms with Gasteiger partial charge in [0.05, 0.1) is 17.0 Å². The van der Waals surface area contributed by atoms with Crippen LogP contribution in [-0.4, -0.2) is 27.9 Å². The fourth-order valence-electron chi connectivity index (χ4n) is 1.46. The third-order valence-electron chi connectivity index (χ3n) is 2.26. The number of hydrogen-bond acceptors (Lipinski definition) is 4. The number of benzene rings is 1. The predicted molar refractivity (Wildman–Crippen MR) is 65.8 cm³/mol. The van der Waals surface area contributed by atoms with Crippen LogP contribution in [0.4, 0.5) is 5.69 Å². The average Bonchev–Trinajstić information content (AvgIpc) is 2.63. The summed E-state index contributed by atoms with van der Waals surface area (Å²) in [5.41, 5.74) is 1.54. The highest BCUT2D eigenvalue weighted by atomic mass is 32.2. The van der Waals surface area contributed by atoms with E-state index < -0.39 is 5.97 Å². The zero-order valence-corrected chi connectivity index (χ0v) is 9.87. The van der Waals surface area contributed by atoms with Gasteiger partial charge < -0.3 is 10.4 Å². The Morgan fingerprint density at radius 1 is 1.53 bits per heavy atom. The molecule has 17 heavy (non-hydrogen) atoms. The van der Waals surface area contributed by atoms with Crippen LogP contribution < -0.4 is 5.32 Å². The van der Waals surface area contributed by atoms with E-state index in [1.165, 1.54) is 17.8 Å². The third kappa shape index (κ3) is 2.65. The van der Waals surface area contributed by atoms with Crippen LogP contribution in [0.3, 0.4) is 0 Å². The maximum absolute atomic E-state index is 11.0. The number of carbonyl (C=O) groups is 2. The van der Waals surface area contributed by atoms with Crippen LogP contribution in [-0.2, 0) is 4.79 Å². The molecule has 2 rings (SSSR count). The lowest BCUT2D eigenvalue weighted by atomic mass is 10.1. The molecule has 6 heteroatoms. The lowest BCUT2D eigenvalue weighted by Crippen LogP contribution is -2.19. The molecule has 1 aliphatic heterocycles. The first-order valence-corrected chi connectivity index (χ1v) is 5.90. The first-order valence-electron chi connectivity index (χ1n) is 4.91. The number of carbonyl (C=O) groups excluding carboxylic acids is 1. The van der Waals surface area contributed by atoms with Gasteiger partial charge in [0.2, 0.25) is 5.91 Å². The summed E-state index contributed by atoms with van der Waals surface area (Å²) in [6.07, 6.45) is 0. The van der Waals surface area contributed by atoms with E-state index in [9.17, 15) is 9.59 Å². The van der Waals surface area contributed by atoms with Gasteiger partial charge in [0.15, 0.2) is 5.17 Å². The number of nitrogens with zero attached hydrogens (tertiary/aromatic N) is 1. The maximum Gasteiger partial charge on any atom is 0.335 e. The van der Waals surface area contributed by atoms with Crippen molar-refractivity contribution in [1.29, 1.82) is 0 Å². The van der Waals surface area contributed by atoms with Crippen molar-refractivity contribution in [2.75, 3.05) is 5.75 Å². The van der Waals surface area contributed by atoms with Crippen LogP contribution in [0, 0.1) is 6.92 Å². The zero-order valence-electron chi connectivity index (χ0n) is 9.06. The number of nitrogens with one attached hydrogen (secondary N) is 1. The van der Waals surface area contributed by atoms with E-state index in [4.69, 9.17) is 5.11 Å². The third-order valence-corrected chi connectivity index (χ3v) is 3.13. The van der Waals surface area contributed by atoms with Gasteiger partial charge in [-0.15, -0.1) is 0 Å². The fourth-order valence-corrected chi connectivity index (χ4v) is 2.16. The van der Waals surface area contributed by atoms with Gasteiger partial charge in [0.1, 0.15) is 0 Å². The van der Waals surface area contributed by atoms with Crippen molar-refractivity contribution in [3.63, 3.8) is 0 Å². The summed E-state index contributed by atoms with van der Waals surface area (Å²) >= 11 is 1.33. The normalized spacial score (nSPS) is 17.2. The van der Waals surface area contributed by atoms with Gasteiger partial charge in [0, 0.05) is 0 Å². The lowest BCUT2D eigenvalue weighted by Gasteiger charge is -2.02. The van der Waals surface area contributed by atoms with Crippen molar-refractivity contribution in [3.8, 4) is 0 Å². The Hall–Kier alpha value is -1.82. The quantitative estimate of drug-likeness (QED) is 0.834. The topological polar surface area (TPSA) is 78.8 Å². The largest absolute Gasteiger partial charge is 0.478 e. The number of amides is 1. The molecule has 0 bridgehead atoms. The molecular formula is C11H10N2O3S. The smallest absolute Gasteiger partial charge is 0.335 e. The van der Waals surface area contributed by atoms with Crippen molar-refractivity contribution in [1.82, 2.24) is 5.32 Å². The van der Waals surface area contributed by atoms with Gasteiger partial charge in [0.25, 0.3) is 0 Å². The fraction of sp³-hybridized carbons (Fsp3) is 0.182. The molecule has 1 fully saturated rings. The molecule has 0 spiro atoms. The standard InChI is InChI=1S/C11H10N2O3S/c1-6-4-7(2-3-8(6)10(15)16)12-11-13-9(14)5-17-11/h2-4H,5H2,1H3,(H,15,16)(H,12,13,14). The Labute approximate surface area is 102 Å². The number of thioether (sulfide) groups is 1. The molecule has 2 N–H and O–H groups in total. The first-order chi connectivity index (χ1) is 8.06. The maximum atomic E-state index is 11.0. The highest BCUT2D eigenvalue weighted by molar-refractivity contribution is 8.15. The van der Waals surface area contributed by atoms with Crippen molar-refractivity contribution >= 4 is 34.5 Å². The molecule has 1 aromatic carbocycles. The molecule has 1 aromatic rings. The van der Waals surface area contributed by atoms with Crippen LogP contribution >= 0.6 is 11.8 Å². The molecule has 1 saturated heterocycles. The predicted octanol–water partition coefficient (Wildman–Crippen LogP) is 1.54. The summed E-state index contributed by atoms with van der Waals surface area (Å²) in [4.78, 5) is 26.0. The number of carboxylic acids is 1. The van der Waals surface area contributed by atoms with Crippen molar-refractivity contribution in [2.24, 2.45) is 4.99 Å². The second-order valence-corrected chi connectivity index (χ2v) is 4.52. The van der Waals surface area contributed by atoms with E-state index in [0.29, 0.717) is 22.2 Å². The molecule has 1 aliphatic rings. The van der Waals surface area contributed by atoms with E-state index in [1.807, 2.05) is 0 Å². The zero-order chi connectivity index (χ0) is 12.4. The van der Waals surface area contributed by atoms with Gasteiger partial charge in [-0.1, -0.05) is 11.8 Å². The first kappa shape index (κ1) is 11.7. The molecule has 0 saturated carbocycles. The monoisotopic (exact) mass is 250 g/mol. The molecular weight excluding hydrogens is 240 g/mol. The summed E-state index contributed by atoms with van der Waals surface area (Å²) in [6, 6.07) is 4.81. The molecule has 0 radical (unpaired) electrons. The van der Waals surface area contributed by atoms with Crippen molar-refractivity contribution in [2.45, 2.75) is 6.92 Å². The van der Waals surface area contributed by atoms with Crippen LogP contribution in [0.1, 0.15) is 15.9 Å². The Morgan fingerprint density at radius 3 is 2.82 bits per heavy atom. The highest BCUT2D eigenvalue weighted by Gasteiger charge is 2.16. The van der Waals surface area contributed by atoms with E-state index in [0.717, 1.165) is 0 Å². The van der Waals surface area contributed by atoms with Crippen molar-refractivity contribution in [3.05, 3.63) is 29.3 Å². The number of rotatable bonds is 2. The highest BCUT2D eigenvalue weighted by Crippen LogP contribution is 2.20. The number of hydrogen-bond donors (Lipinski definition) is 2. The molecule has 5 nitrogen and oxygen atoms in total. The second kappa shape index (κ2) is 4.58. The number of aromatic carboxylic acids is 1. The van der Waals surface area contributed by atoms with Crippen LogP contribution in [0.2, 0.25) is 0 Å². The van der Waals surface area contributed by atoms with Crippen molar-refractivity contribution < 1.29 is 14.7 Å². The molecule has 1 amide bonds. The minimum absolute atomic E-state index is 0.0624. The van der Waals surface area contributed by atoms with E-state index in [-0.39, 0.29) is 11.5 Å². The summed E-state index contributed by atoms with van der Waals surface area (Å²) in [7, 11) is 0. The van der Waals surface area contributed by atoms with E-state index >= 15 is 0 Å². The minimum Gasteiger partial charge on any atom is -0.478 e. The Bertz CT molecular complexity index is 525. The molecule has 0 aromatic heterocycles. The lowest BCUT2D eigenvalue weighted by molar-refractivity contribution is -0.116. The number of carboxylic acid groups (broad SMARTS) is 1. The summed E-state index contributed by atoms with van der Waals surface area (Å²) in [5, 5.41) is 12.0. The number of amidine groups is 1. The van der Waals surface area contributed by atoms with Crippen LogP contribution in [0.5, 0.6) is 0 Å². The van der Waals surface area contributed by atoms with E-state index in [2.05, 4.69) is 10.3 Å². The molecule has 0 aliphatic carbocycles. The van der Waals surface area contributed by atoms with Gasteiger partial charge in [-0.2, -0.15) is 0 Å². The Morgan fingerprint density at radius 2 is 2.29 bits per heavy atom. The van der Waals surface area contributed by atoms with E-state index in [1.54, 1.807) is 19.1 Å². The summed E-state index contributed by atoms with van der Waals surface area (Å²) < 4.78 is 0. The molecule has 1 heterocycles. The Kier molecular flexibility index (Phi) is 3.14. The van der Waals surface area contributed by atoms with Gasteiger partial charge in [-0.3, -0.25) is 4.79 Å². The minimum atomic E-state index is -0.953. The SMILES string of the molecule is Cc1cc(N=C2NC(=O)CS2)ccc1C(=O)O. The van der Waals surface area contributed by atoms with Crippen LogP contribution in [0.15, 0.2) is 23.2 Å². The number of aliphatic imine (C=N–C) groups is 1. The Balaban J connectivity index is 2.26. The molecule has 88 valence electrons. The van der Waals surface area contributed by atoms with Gasteiger partial charge in [-0.25, -0.2) is 9.79 Å². The second-order valence-electron chi connectivity index (χ2n) is 3.56. The van der Waals surface area contributed by atoms with Gasteiger partial charge >= 0.3 is 5.97 Å². The average molecular weight is 250 g/mol.